The molecule has 0 radical (unpaired) electrons. The highest BCUT2D eigenvalue weighted by atomic mass is 16.5. The zero-order chi connectivity index (χ0) is 23.8. The van der Waals surface area contributed by atoms with Crippen molar-refractivity contribution in [2.75, 3.05) is 40.0 Å². The summed E-state index contributed by atoms with van der Waals surface area (Å²) < 4.78 is 11.2. The van der Waals surface area contributed by atoms with Gasteiger partial charge in [-0.1, -0.05) is 27.7 Å². The Bertz CT molecular complexity index is 814. The third-order valence-corrected chi connectivity index (χ3v) is 7.19. The van der Waals surface area contributed by atoms with E-state index in [0.717, 1.165) is 23.3 Å². The van der Waals surface area contributed by atoms with Gasteiger partial charge in [-0.2, -0.15) is 0 Å². The van der Waals surface area contributed by atoms with Crippen LogP contribution in [0.15, 0.2) is 16.1 Å². The molecule has 0 spiro atoms. The first-order chi connectivity index (χ1) is 14.9. The smallest absolute Gasteiger partial charge is 0.225 e. The molecule has 0 aromatic heterocycles. The van der Waals surface area contributed by atoms with Crippen molar-refractivity contribution in [3.05, 3.63) is 11.1 Å². The summed E-state index contributed by atoms with van der Waals surface area (Å²) in [5, 5.41) is 9.25. The summed E-state index contributed by atoms with van der Waals surface area (Å²) in [5.74, 6) is 0.725. The third-order valence-electron chi connectivity index (χ3n) is 7.19. The first kappa shape index (κ1) is 25.1. The molecule has 1 fully saturated rings. The molecule has 3 aliphatic heterocycles. The van der Waals surface area contributed by atoms with E-state index in [9.17, 15) is 10.2 Å². The molecule has 0 bridgehead atoms. The van der Waals surface area contributed by atoms with E-state index in [0.29, 0.717) is 50.9 Å². The molecular weight excluding hydrogens is 404 g/mol. The van der Waals surface area contributed by atoms with Gasteiger partial charge in [-0.05, 0) is 38.2 Å². The largest absolute Gasteiger partial charge is 0.384 e. The van der Waals surface area contributed by atoms with Gasteiger partial charge in [0.2, 0.25) is 5.91 Å². The third kappa shape index (κ3) is 4.70. The maximum Gasteiger partial charge on any atom is 0.225 e. The van der Waals surface area contributed by atoms with Crippen LogP contribution >= 0.6 is 0 Å². The predicted octanol–water partition coefficient (Wildman–Crippen LogP) is 3.53. The summed E-state index contributed by atoms with van der Waals surface area (Å²) in [7, 11) is 1.63. The van der Waals surface area contributed by atoms with Crippen LogP contribution in [-0.4, -0.2) is 84.4 Å². The second-order valence-electron chi connectivity index (χ2n) is 10.8. The number of piperazine rings is 1. The molecule has 7 nitrogen and oxygen atoms in total. The second kappa shape index (κ2) is 9.35. The van der Waals surface area contributed by atoms with E-state index in [1.54, 1.807) is 7.11 Å². The van der Waals surface area contributed by atoms with Gasteiger partial charge in [0.15, 0.2) is 5.66 Å². The van der Waals surface area contributed by atoms with Gasteiger partial charge in [0, 0.05) is 50.5 Å². The number of aliphatic imine (C=N–C) groups is 1. The second-order valence-corrected chi connectivity index (χ2v) is 10.8. The zero-order valence-corrected chi connectivity index (χ0v) is 21.2. The SMILES string of the molecule is COCCC(=O)N1CCN(C2(C)N=C(C(C)C)C3=C(CC(C)(C)OC3)C2=N)CC1C(C)C. The Morgan fingerprint density at radius 2 is 1.91 bits per heavy atom. The summed E-state index contributed by atoms with van der Waals surface area (Å²) in [6.07, 6.45) is 1.14. The Labute approximate surface area is 193 Å². The highest BCUT2D eigenvalue weighted by molar-refractivity contribution is 6.18. The quantitative estimate of drug-likeness (QED) is 0.677. The van der Waals surface area contributed by atoms with E-state index in [4.69, 9.17) is 14.5 Å². The van der Waals surface area contributed by atoms with Crippen LogP contribution in [0.4, 0.5) is 0 Å². The molecule has 2 atom stereocenters. The van der Waals surface area contributed by atoms with Crippen molar-refractivity contribution in [3.8, 4) is 0 Å². The lowest BCUT2D eigenvalue weighted by Gasteiger charge is -2.51. The van der Waals surface area contributed by atoms with E-state index < -0.39 is 5.66 Å². The van der Waals surface area contributed by atoms with Gasteiger partial charge in [0.25, 0.3) is 0 Å². The van der Waals surface area contributed by atoms with Crippen molar-refractivity contribution in [2.24, 2.45) is 16.8 Å². The van der Waals surface area contributed by atoms with Crippen molar-refractivity contribution < 1.29 is 14.3 Å². The predicted molar refractivity (Wildman–Crippen MR) is 128 cm³/mol. The number of nitrogens with zero attached hydrogens (tertiary/aromatic N) is 3. The Kier molecular flexibility index (Phi) is 7.32. The molecule has 3 heterocycles. The molecule has 32 heavy (non-hydrogen) atoms. The number of hydrogen-bond acceptors (Lipinski definition) is 6. The maximum absolute atomic E-state index is 12.8. The normalized spacial score (nSPS) is 28.9. The Balaban J connectivity index is 1.92. The van der Waals surface area contributed by atoms with E-state index in [2.05, 4.69) is 53.4 Å². The molecule has 0 saturated carbocycles. The summed E-state index contributed by atoms with van der Waals surface area (Å²) >= 11 is 0. The average Bonchev–Trinajstić information content (AvgIpc) is 2.73. The monoisotopic (exact) mass is 446 g/mol. The molecule has 1 N–H and O–H groups in total. The standard InChI is InChI=1S/C25H42N4O3/c1-16(2)20-14-28(10-11-29(20)21(30)9-12-31-8)25(7)23(26)18-13-24(5,6)32-15-19(18)22(27-25)17(3)4/h16-17,20,26H,9-15H2,1-8H3. The molecule has 1 amide bonds. The van der Waals surface area contributed by atoms with Crippen LogP contribution in [0.5, 0.6) is 0 Å². The fourth-order valence-electron chi connectivity index (χ4n) is 5.17. The number of hydrogen-bond donors (Lipinski definition) is 1. The van der Waals surface area contributed by atoms with Crippen LogP contribution in [0.1, 0.15) is 61.3 Å². The lowest BCUT2D eigenvalue weighted by molar-refractivity contribution is -0.139. The first-order valence-electron chi connectivity index (χ1n) is 12.0. The first-order valence-corrected chi connectivity index (χ1v) is 12.0. The van der Waals surface area contributed by atoms with Crippen molar-refractivity contribution in [1.29, 1.82) is 5.41 Å². The van der Waals surface area contributed by atoms with Crippen molar-refractivity contribution in [1.82, 2.24) is 9.80 Å². The molecule has 7 heteroatoms. The van der Waals surface area contributed by atoms with Gasteiger partial charge in [-0.25, -0.2) is 0 Å². The lowest BCUT2D eigenvalue weighted by Crippen LogP contribution is -2.65. The number of dihydropyridines is 1. The fraction of sp³-hybridized carbons (Fsp3) is 0.800. The summed E-state index contributed by atoms with van der Waals surface area (Å²) in [6, 6.07) is 0.0944. The van der Waals surface area contributed by atoms with Crippen LogP contribution in [0, 0.1) is 17.2 Å². The number of amides is 1. The number of carbonyl (C=O) groups excluding carboxylic acids is 1. The minimum atomic E-state index is -0.722. The topological polar surface area (TPSA) is 78.2 Å². The van der Waals surface area contributed by atoms with Gasteiger partial charge < -0.3 is 19.8 Å². The molecule has 1 saturated heterocycles. The number of methoxy groups -OCH3 is 1. The molecule has 0 aliphatic carbocycles. The number of nitrogens with one attached hydrogen (secondary N) is 1. The van der Waals surface area contributed by atoms with Crippen LogP contribution in [0.25, 0.3) is 0 Å². The Morgan fingerprint density at radius 1 is 1.22 bits per heavy atom. The minimum absolute atomic E-state index is 0.0944. The maximum atomic E-state index is 12.8. The van der Waals surface area contributed by atoms with Crippen LogP contribution < -0.4 is 0 Å². The van der Waals surface area contributed by atoms with E-state index >= 15 is 0 Å². The number of ether oxygens (including phenoxy) is 2. The van der Waals surface area contributed by atoms with Crippen molar-refractivity contribution in [2.45, 2.75) is 78.6 Å². The van der Waals surface area contributed by atoms with Gasteiger partial charge in [-0.3, -0.25) is 14.7 Å². The van der Waals surface area contributed by atoms with Crippen molar-refractivity contribution in [3.63, 3.8) is 0 Å². The summed E-state index contributed by atoms with van der Waals surface area (Å²) in [6.45, 7) is 18.0. The molecule has 3 aliphatic rings. The molecule has 2 unspecified atom stereocenters. The highest BCUT2D eigenvalue weighted by Gasteiger charge is 2.48. The average molecular weight is 447 g/mol. The van der Waals surface area contributed by atoms with E-state index in [1.807, 2.05) is 4.90 Å². The van der Waals surface area contributed by atoms with Crippen LogP contribution in [-0.2, 0) is 14.3 Å². The summed E-state index contributed by atoms with van der Waals surface area (Å²) in [5.41, 5.74) is 2.86. The van der Waals surface area contributed by atoms with Crippen LogP contribution in [0.2, 0.25) is 0 Å². The number of rotatable bonds is 6. The summed E-state index contributed by atoms with van der Waals surface area (Å²) in [4.78, 5) is 22.4. The molecular formula is C25H42N4O3. The molecule has 0 aromatic rings. The Hall–Kier alpha value is -1.57. The molecule has 180 valence electrons. The van der Waals surface area contributed by atoms with Crippen molar-refractivity contribution >= 4 is 17.3 Å². The zero-order valence-electron chi connectivity index (χ0n) is 21.2. The molecule has 3 rings (SSSR count). The lowest BCUT2D eigenvalue weighted by atomic mass is 9.78. The van der Waals surface area contributed by atoms with Crippen LogP contribution in [0.3, 0.4) is 0 Å². The highest BCUT2D eigenvalue weighted by Crippen LogP contribution is 2.40. The molecule has 0 aromatic carbocycles. The Morgan fingerprint density at radius 3 is 2.50 bits per heavy atom. The van der Waals surface area contributed by atoms with Gasteiger partial charge >= 0.3 is 0 Å². The number of carbonyl (C=O) groups is 1. The van der Waals surface area contributed by atoms with E-state index in [-0.39, 0.29) is 23.5 Å². The van der Waals surface area contributed by atoms with E-state index in [1.165, 1.54) is 0 Å². The van der Waals surface area contributed by atoms with Gasteiger partial charge in [-0.15, -0.1) is 0 Å². The fourth-order valence-corrected chi connectivity index (χ4v) is 5.17. The van der Waals surface area contributed by atoms with Gasteiger partial charge in [0.1, 0.15) is 0 Å². The van der Waals surface area contributed by atoms with Gasteiger partial charge in [0.05, 0.1) is 30.9 Å². The minimum Gasteiger partial charge on any atom is -0.384 e.